The first kappa shape index (κ1) is 10.6. The molecule has 74 valence electrons. The van der Waals surface area contributed by atoms with Crippen molar-refractivity contribution in [3.63, 3.8) is 0 Å². The van der Waals surface area contributed by atoms with Crippen LogP contribution in [0.15, 0.2) is 30.3 Å². The van der Waals surface area contributed by atoms with Gasteiger partial charge in [-0.05, 0) is 5.56 Å². The van der Waals surface area contributed by atoms with Gasteiger partial charge in [0.2, 0.25) is 0 Å². The van der Waals surface area contributed by atoms with E-state index in [2.05, 4.69) is 0 Å². The molecule has 14 heavy (non-hydrogen) atoms. The number of aliphatic hydroxyl groups excluding tert-OH is 1. The summed E-state index contributed by atoms with van der Waals surface area (Å²) in [6.45, 7) is 0.0509. The predicted molar refractivity (Wildman–Crippen MR) is 55.9 cm³/mol. The third-order valence-electron chi connectivity index (χ3n) is 1.83. The Balaban J connectivity index is 2.78. The van der Waals surface area contributed by atoms with E-state index >= 15 is 0 Å². The zero-order valence-electron chi connectivity index (χ0n) is 7.81. The van der Waals surface area contributed by atoms with Crippen LogP contribution in [0, 0.1) is 0 Å². The van der Waals surface area contributed by atoms with Crippen LogP contribution < -0.4 is 5.73 Å². The number of ketones is 1. The van der Waals surface area contributed by atoms with Crippen molar-refractivity contribution in [2.45, 2.75) is 0 Å². The molecule has 0 radical (unpaired) electrons. The molecular weight excluding hydrogens is 178 g/mol. The highest BCUT2D eigenvalue weighted by Gasteiger charge is 2.00. The zero-order chi connectivity index (χ0) is 10.4. The Bertz CT molecular complexity index is 328. The summed E-state index contributed by atoms with van der Waals surface area (Å²) < 4.78 is 0. The smallest absolute Gasteiger partial charge is 0.176 e. The van der Waals surface area contributed by atoms with Gasteiger partial charge in [-0.2, -0.15) is 0 Å². The van der Waals surface area contributed by atoms with Crippen LogP contribution in [0.5, 0.6) is 0 Å². The number of rotatable bonds is 4. The van der Waals surface area contributed by atoms with Crippen LogP contribution in [-0.2, 0) is 0 Å². The molecule has 0 saturated carbocycles. The maximum atomic E-state index is 11.2. The molecule has 0 atom stereocenters. The summed E-state index contributed by atoms with van der Waals surface area (Å²) >= 11 is 0. The lowest BCUT2D eigenvalue weighted by Gasteiger charge is -1.98. The fourth-order valence-electron chi connectivity index (χ4n) is 1.09. The van der Waals surface area contributed by atoms with Gasteiger partial charge >= 0.3 is 0 Å². The maximum Gasteiger partial charge on any atom is 0.176 e. The fraction of sp³-hybridized carbons (Fsp3) is 0.182. The molecule has 0 aliphatic heterocycles. The summed E-state index contributed by atoms with van der Waals surface area (Å²) in [6.07, 6.45) is 3.43. The van der Waals surface area contributed by atoms with Crippen LogP contribution in [0.1, 0.15) is 15.9 Å². The quantitative estimate of drug-likeness (QED) is 0.693. The number of nitrogens with two attached hydrogens (primary N) is 1. The van der Waals surface area contributed by atoms with Gasteiger partial charge in [0.05, 0.1) is 13.2 Å². The van der Waals surface area contributed by atoms with Gasteiger partial charge in [0.15, 0.2) is 5.78 Å². The monoisotopic (exact) mass is 191 g/mol. The molecule has 3 heteroatoms. The van der Waals surface area contributed by atoms with Gasteiger partial charge in [0, 0.05) is 5.56 Å². The molecule has 0 amide bonds. The van der Waals surface area contributed by atoms with Crippen molar-refractivity contribution in [3.05, 3.63) is 41.5 Å². The molecule has 0 saturated heterocycles. The molecule has 0 aliphatic carbocycles. The second-order valence-electron chi connectivity index (χ2n) is 2.83. The van der Waals surface area contributed by atoms with E-state index < -0.39 is 0 Å². The molecule has 1 rings (SSSR count). The molecule has 0 aromatic heterocycles. The summed E-state index contributed by atoms with van der Waals surface area (Å²) in [5, 5.41) is 8.55. The third-order valence-corrected chi connectivity index (χ3v) is 1.83. The van der Waals surface area contributed by atoms with Crippen molar-refractivity contribution in [1.82, 2.24) is 0 Å². The summed E-state index contributed by atoms with van der Waals surface area (Å²) in [5.74, 6) is -0.0670. The van der Waals surface area contributed by atoms with Gasteiger partial charge in [-0.25, -0.2) is 0 Å². The van der Waals surface area contributed by atoms with Crippen LogP contribution in [0.4, 0.5) is 0 Å². The van der Waals surface area contributed by atoms with Crippen LogP contribution in [0.3, 0.4) is 0 Å². The predicted octanol–water partition coefficient (Wildman–Crippen LogP) is 0.833. The Morgan fingerprint density at radius 1 is 1.36 bits per heavy atom. The van der Waals surface area contributed by atoms with Crippen molar-refractivity contribution < 1.29 is 9.90 Å². The minimum atomic E-state index is -0.0670. The van der Waals surface area contributed by atoms with Crippen molar-refractivity contribution in [1.29, 1.82) is 0 Å². The van der Waals surface area contributed by atoms with Gasteiger partial charge in [0.25, 0.3) is 0 Å². The van der Waals surface area contributed by atoms with E-state index in [4.69, 9.17) is 10.8 Å². The van der Waals surface area contributed by atoms with Crippen molar-refractivity contribution >= 4 is 11.9 Å². The Hall–Kier alpha value is -1.45. The molecule has 1 aromatic carbocycles. The first-order chi connectivity index (χ1) is 6.77. The number of benzene rings is 1. The minimum absolute atomic E-state index is 0.0173. The normalized spacial score (nSPS) is 10.7. The highest BCUT2D eigenvalue weighted by molar-refractivity contribution is 5.97. The molecule has 0 aliphatic rings. The minimum Gasteiger partial charge on any atom is -0.392 e. The summed E-state index contributed by atoms with van der Waals surface area (Å²) in [5.41, 5.74) is 6.80. The number of carbonyl (C=O) groups excluding carboxylic acids is 1. The van der Waals surface area contributed by atoms with E-state index in [0.29, 0.717) is 5.56 Å². The molecule has 0 spiro atoms. The molecule has 0 unspecified atom stereocenters. The van der Waals surface area contributed by atoms with Gasteiger partial charge < -0.3 is 10.8 Å². The highest BCUT2D eigenvalue weighted by atomic mass is 16.2. The second kappa shape index (κ2) is 5.32. The first-order valence-electron chi connectivity index (χ1n) is 4.38. The topological polar surface area (TPSA) is 63.3 Å². The van der Waals surface area contributed by atoms with Crippen molar-refractivity contribution in [2.24, 2.45) is 5.73 Å². The Labute approximate surface area is 82.9 Å². The molecule has 3 N–H and O–H groups in total. The van der Waals surface area contributed by atoms with Crippen LogP contribution in [0.2, 0.25) is 0 Å². The zero-order valence-corrected chi connectivity index (χ0v) is 7.81. The fourth-order valence-corrected chi connectivity index (χ4v) is 1.09. The molecule has 3 nitrogen and oxygen atoms in total. The molecular formula is C11H13NO2. The number of hydrogen-bond donors (Lipinski definition) is 2. The van der Waals surface area contributed by atoms with Crippen LogP contribution in [0.25, 0.3) is 6.08 Å². The number of aliphatic hydroxyl groups is 1. The summed E-state index contributed by atoms with van der Waals surface area (Å²) in [6, 6.07) is 7.09. The highest BCUT2D eigenvalue weighted by Crippen LogP contribution is 2.06. The van der Waals surface area contributed by atoms with E-state index in [1.54, 1.807) is 24.3 Å². The SMILES string of the molecule is NCC(=O)c1ccc(C=CCO)cc1. The van der Waals surface area contributed by atoms with E-state index in [1.165, 1.54) is 0 Å². The molecule has 0 bridgehead atoms. The molecule has 1 aromatic rings. The number of hydrogen-bond acceptors (Lipinski definition) is 3. The van der Waals surface area contributed by atoms with Crippen LogP contribution >= 0.6 is 0 Å². The van der Waals surface area contributed by atoms with Crippen molar-refractivity contribution in [2.75, 3.05) is 13.2 Å². The van der Waals surface area contributed by atoms with Gasteiger partial charge in [-0.15, -0.1) is 0 Å². The summed E-state index contributed by atoms with van der Waals surface area (Å²) in [7, 11) is 0. The lowest BCUT2D eigenvalue weighted by Crippen LogP contribution is -2.13. The second-order valence-corrected chi connectivity index (χ2v) is 2.83. The van der Waals surface area contributed by atoms with Gasteiger partial charge in [0.1, 0.15) is 0 Å². The van der Waals surface area contributed by atoms with E-state index in [1.807, 2.05) is 12.1 Å². The lowest BCUT2D eigenvalue weighted by molar-refractivity contribution is 0.100. The van der Waals surface area contributed by atoms with Gasteiger partial charge in [-0.3, -0.25) is 4.79 Å². The number of carbonyl (C=O) groups is 1. The Morgan fingerprint density at radius 2 is 2.00 bits per heavy atom. The average molecular weight is 191 g/mol. The first-order valence-corrected chi connectivity index (χ1v) is 4.38. The van der Waals surface area contributed by atoms with Crippen molar-refractivity contribution in [3.8, 4) is 0 Å². The van der Waals surface area contributed by atoms with Gasteiger partial charge in [-0.1, -0.05) is 36.4 Å². The Kier molecular flexibility index (Phi) is 4.04. The van der Waals surface area contributed by atoms with E-state index in [9.17, 15) is 4.79 Å². The lowest BCUT2D eigenvalue weighted by atomic mass is 10.1. The van der Waals surface area contributed by atoms with Crippen LogP contribution in [-0.4, -0.2) is 24.0 Å². The van der Waals surface area contributed by atoms with E-state index in [0.717, 1.165) is 5.56 Å². The molecule has 0 heterocycles. The average Bonchev–Trinajstić information content (AvgIpc) is 2.26. The largest absolute Gasteiger partial charge is 0.392 e. The third kappa shape index (κ3) is 2.80. The Morgan fingerprint density at radius 3 is 2.50 bits per heavy atom. The number of Topliss-reactive ketones (excluding diaryl/α,β-unsaturated/α-hetero) is 1. The molecule has 0 fully saturated rings. The standard InChI is InChI=1S/C11H13NO2/c12-8-11(14)10-5-3-9(4-6-10)2-1-7-13/h1-6,13H,7-8,12H2. The van der Waals surface area contributed by atoms with E-state index in [-0.39, 0.29) is 18.9 Å². The summed E-state index contributed by atoms with van der Waals surface area (Å²) in [4.78, 5) is 11.2. The maximum absolute atomic E-state index is 11.2.